The first-order chi connectivity index (χ1) is 10.9. The molecule has 1 aromatic heterocycles. The van der Waals surface area contributed by atoms with Gasteiger partial charge in [-0.05, 0) is 11.0 Å². The molecule has 0 atom stereocenters. The van der Waals surface area contributed by atoms with Gasteiger partial charge in [-0.3, -0.25) is 10.1 Å². The van der Waals surface area contributed by atoms with Crippen LogP contribution in [-0.2, 0) is 11.3 Å². The molecule has 0 unspecified atom stereocenters. The zero-order chi connectivity index (χ0) is 17.0. The Hall–Kier alpha value is -3.30. The van der Waals surface area contributed by atoms with E-state index in [1.165, 1.54) is 22.8 Å². The summed E-state index contributed by atoms with van der Waals surface area (Å²) >= 11 is 0. The van der Waals surface area contributed by atoms with Crippen LogP contribution in [0.25, 0.3) is 0 Å². The number of nitro benzene ring substituents is 1. The fraction of sp³-hybridized carbons (Fsp3) is 0.231. The number of imidazole rings is 1. The lowest BCUT2D eigenvalue weighted by atomic mass is 10.2. The van der Waals surface area contributed by atoms with Gasteiger partial charge in [-0.1, -0.05) is 6.07 Å². The van der Waals surface area contributed by atoms with E-state index in [0.29, 0.717) is 5.82 Å². The molecule has 0 saturated heterocycles. The first-order valence-corrected chi connectivity index (χ1v) is 6.48. The average molecular weight is 320 g/mol. The van der Waals surface area contributed by atoms with Crippen LogP contribution in [0.5, 0.6) is 0 Å². The Morgan fingerprint density at radius 1 is 1.30 bits per heavy atom. The number of aryl methyl sites for hydroxylation is 1. The maximum atomic E-state index is 11.8. The smallest absolute Gasteiger partial charge is 0.342 e. The highest BCUT2D eigenvalue weighted by atomic mass is 16.6. The monoisotopic (exact) mass is 320 g/mol. The van der Waals surface area contributed by atoms with Gasteiger partial charge in [-0.15, -0.1) is 0 Å². The number of nitro groups is 2. The van der Waals surface area contributed by atoms with E-state index < -0.39 is 15.8 Å². The lowest BCUT2D eigenvalue weighted by Crippen LogP contribution is -2.14. The zero-order valence-corrected chi connectivity index (χ0v) is 12.0. The third-order valence-corrected chi connectivity index (χ3v) is 3.06. The molecule has 0 aliphatic heterocycles. The van der Waals surface area contributed by atoms with Crippen LogP contribution in [-0.4, -0.2) is 32.0 Å². The van der Waals surface area contributed by atoms with Crippen molar-refractivity contribution in [2.24, 2.45) is 0 Å². The van der Waals surface area contributed by atoms with Crippen LogP contribution in [0.1, 0.15) is 16.2 Å². The molecule has 0 radical (unpaired) electrons. The fourth-order valence-electron chi connectivity index (χ4n) is 1.94. The number of carbonyl (C=O) groups is 1. The van der Waals surface area contributed by atoms with Crippen LogP contribution in [0.15, 0.2) is 30.5 Å². The summed E-state index contributed by atoms with van der Waals surface area (Å²) in [5.41, 5.74) is -0.184. The quantitative estimate of drug-likeness (QED) is 0.451. The molecule has 23 heavy (non-hydrogen) atoms. The lowest BCUT2D eigenvalue weighted by molar-refractivity contribution is -0.392. The number of nitrogens with zero attached hydrogens (tertiary/aromatic N) is 4. The van der Waals surface area contributed by atoms with Gasteiger partial charge >= 0.3 is 11.8 Å². The van der Waals surface area contributed by atoms with Crippen molar-refractivity contribution in [1.82, 2.24) is 9.55 Å². The van der Waals surface area contributed by atoms with E-state index in [2.05, 4.69) is 4.98 Å². The highest BCUT2D eigenvalue weighted by Crippen LogP contribution is 2.15. The van der Waals surface area contributed by atoms with Crippen molar-refractivity contribution < 1.29 is 19.4 Å². The van der Waals surface area contributed by atoms with Crippen LogP contribution in [0, 0.1) is 27.2 Å². The average Bonchev–Trinajstić information content (AvgIpc) is 2.88. The number of ether oxygens (including phenoxy) is 1. The molecular formula is C13H12N4O6. The van der Waals surface area contributed by atoms with Crippen LogP contribution in [0.4, 0.5) is 11.5 Å². The summed E-state index contributed by atoms with van der Waals surface area (Å²) in [6, 6.07) is 5.13. The van der Waals surface area contributed by atoms with Crippen LogP contribution in [0.2, 0.25) is 0 Å². The van der Waals surface area contributed by atoms with Gasteiger partial charge in [0.25, 0.3) is 5.69 Å². The lowest BCUT2D eigenvalue weighted by Gasteiger charge is -2.05. The van der Waals surface area contributed by atoms with E-state index in [-0.39, 0.29) is 30.2 Å². The summed E-state index contributed by atoms with van der Waals surface area (Å²) in [7, 11) is 0. The first-order valence-electron chi connectivity index (χ1n) is 6.48. The highest BCUT2D eigenvalue weighted by molar-refractivity contribution is 5.90. The highest BCUT2D eigenvalue weighted by Gasteiger charge is 2.18. The maximum absolute atomic E-state index is 11.8. The maximum Gasteiger partial charge on any atom is 0.342 e. The van der Waals surface area contributed by atoms with Gasteiger partial charge < -0.3 is 14.9 Å². The van der Waals surface area contributed by atoms with E-state index in [1.54, 1.807) is 6.92 Å². The van der Waals surface area contributed by atoms with Crippen LogP contribution >= 0.6 is 0 Å². The Bertz CT molecular complexity index is 770. The minimum absolute atomic E-state index is 0.0380. The van der Waals surface area contributed by atoms with Crippen molar-refractivity contribution in [2.45, 2.75) is 13.5 Å². The number of hydrogen-bond donors (Lipinski definition) is 0. The number of benzene rings is 1. The molecule has 10 heteroatoms. The Morgan fingerprint density at radius 2 is 2.04 bits per heavy atom. The SMILES string of the molecule is Cc1ncc([N+](=O)[O-])n1CCOC(=O)c1cccc([N+](=O)[O-])c1. The van der Waals surface area contributed by atoms with Gasteiger partial charge in [0, 0.05) is 19.1 Å². The van der Waals surface area contributed by atoms with Gasteiger partial charge in [0.15, 0.2) is 5.82 Å². The van der Waals surface area contributed by atoms with Crippen molar-refractivity contribution in [3.8, 4) is 0 Å². The number of non-ortho nitro benzene ring substituents is 1. The van der Waals surface area contributed by atoms with E-state index in [1.807, 2.05) is 0 Å². The molecule has 0 saturated carbocycles. The molecule has 0 aliphatic rings. The van der Waals surface area contributed by atoms with E-state index in [4.69, 9.17) is 4.74 Å². The second-order valence-electron chi connectivity index (χ2n) is 4.52. The van der Waals surface area contributed by atoms with Crippen molar-refractivity contribution in [2.75, 3.05) is 6.61 Å². The number of hydrogen-bond acceptors (Lipinski definition) is 7. The predicted molar refractivity (Wildman–Crippen MR) is 77.0 cm³/mol. The van der Waals surface area contributed by atoms with Crippen molar-refractivity contribution in [3.63, 3.8) is 0 Å². The molecule has 0 amide bonds. The van der Waals surface area contributed by atoms with E-state index in [9.17, 15) is 25.0 Å². The number of carbonyl (C=O) groups excluding carboxylic acids is 1. The Labute approximate surface area is 129 Å². The standard InChI is InChI=1S/C13H12N4O6/c1-9-14-8-12(17(21)22)15(9)5-6-23-13(18)10-3-2-4-11(7-10)16(19)20/h2-4,7-8H,5-6H2,1H3. The van der Waals surface area contributed by atoms with Gasteiger partial charge in [0.1, 0.15) is 19.3 Å². The second kappa shape index (κ2) is 6.64. The van der Waals surface area contributed by atoms with Gasteiger partial charge in [0.2, 0.25) is 0 Å². The molecule has 0 fully saturated rings. The number of rotatable bonds is 6. The van der Waals surface area contributed by atoms with Gasteiger partial charge in [0.05, 0.1) is 10.5 Å². The normalized spacial score (nSPS) is 10.3. The van der Waals surface area contributed by atoms with Crippen LogP contribution < -0.4 is 0 Å². The van der Waals surface area contributed by atoms with Gasteiger partial charge in [-0.25, -0.2) is 14.3 Å². The van der Waals surface area contributed by atoms with E-state index in [0.717, 1.165) is 12.3 Å². The molecule has 2 aromatic rings. The zero-order valence-electron chi connectivity index (χ0n) is 12.0. The molecule has 10 nitrogen and oxygen atoms in total. The Morgan fingerprint density at radius 3 is 2.70 bits per heavy atom. The van der Waals surface area contributed by atoms with Gasteiger partial charge in [-0.2, -0.15) is 0 Å². The first kappa shape index (κ1) is 16.1. The fourth-order valence-corrected chi connectivity index (χ4v) is 1.94. The minimum atomic E-state index is -0.742. The summed E-state index contributed by atoms with van der Waals surface area (Å²) in [5, 5.41) is 21.5. The summed E-state index contributed by atoms with van der Waals surface area (Å²) < 4.78 is 6.30. The summed E-state index contributed by atoms with van der Waals surface area (Å²) in [6.07, 6.45) is 1.12. The largest absolute Gasteiger partial charge is 0.458 e. The number of esters is 1. The second-order valence-corrected chi connectivity index (χ2v) is 4.52. The van der Waals surface area contributed by atoms with Crippen molar-refractivity contribution >= 4 is 17.5 Å². The van der Waals surface area contributed by atoms with Crippen molar-refractivity contribution in [1.29, 1.82) is 0 Å². The summed E-state index contributed by atoms with van der Waals surface area (Å²) in [5.74, 6) is -0.522. The molecule has 1 heterocycles. The molecule has 0 spiro atoms. The Balaban J connectivity index is 2.00. The topological polar surface area (TPSA) is 130 Å². The third-order valence-electron chi connectivity index (χ3n) is 3.06. The van der Waals surface area contributed by atoms with Crippen molar-refractivity contribution in [3.05, 3.63) is 62.1 Å². The summed E-state index contributed by atoms with van der Waals surface area (Å²) in [6.45, 7) is 1.53. The molecule has 0 bridgehead atoms. The third kappa shape index (κ3) is 3.67. The van der Waals surface area contributed by atoms with E-state index >= 15 is 0 Å². The molecule has 1 aromatic carbocycles. The Kier molecular flexibility index (Phi) is 4.64. The molecular weight excluding hydrogens is 308 g/mol. The minimum Gasteiger partial charge on any atom is -0.458 e. The molecule has 120 valence electrons. The number of aromatic nitrogens is 2. The summed E-state index contributed by atoms with van der Waals surface area (Å²) in [4.78, 5) is 36.0. The predicted octanol–water partition coefficient (Wildman–Crippen LogP) is 1.86. The molecule has 0 N–H and O–H groups in total. The molecule has 2 rings (SSSR count). The van der Waals surface area contributed by atoms with Crippen LogP contribution in [0.3, 0.4) is 0 Å². The molecule has 0 aliphatic carbocycles.